The maximum atomic E-state index is 6.41. The van der Waals surface area contributed by atoms with E-state index in [1.165, 1.54) is 165 Å². The first kappa shape index (κ1) is 38.1. The Balaban J connectivity index is 1.67. The van der Waals surface area contributed by atoms with Gasteiger partial charge >= 0.3 is 0 Å². The molecule has 0 aliphatic rings. The Kier molecular flexibility index (Phi) is 8.42. The molecule has 292 valence electrons. The van der Waals surface area contributed by atoms with E-state index >= 15 is 0 Å². The van der Waals surface area contributed by atoms with Gasteiger partial charge in [-0.05, 0) is 296 Å². The highest BCUT2D eigenvalue weighted by molar-refractivity contribution is 6.31. The molecule has 0 amide bonds. The lowest BCUT2D eigenvalue weighted by Crippen LogP contribution is -2.07. The second kappa shape index (κ2) is 12.8. The van der Waals surface area contributed by atoms with Gasteiger partial charge in [0.05, 0.1) is 0 Å². The second-order valence-corrected chi connectivity index (χ2v) is 18.1. The van der Waals surface area contributed by atoms with E-state index in [1.54, 1.807) is 0 Å². The summed E-state index contributed by atoms with van der Waals surface area (Å²) in [7, 11) is 0. The smallest absolute Gasteiger partial charge is 0.135 e. The summed E-state index contributed by atoms with van der Waals surface area (Å²) in [6.45, 7) is 40.2. The number of benzene rings is 8. The number of rotatable bonds is 2. The van der Waals surface area contributed by atoms with Gasteiger partial charge in [-0.3, -0.25) is 0 Å². The summed E-state index contributed by atoms with van der Waals surface area (Å²) in [5, 5.41) is 13.6. The molecule has 1 nitrogen and oxygen atoms in total. The quantitative estimate of drug-likeness (QED) is 0.126. The van der Waals surface area contributed by atoms with Gasteiger partial charge in [-0.1, -0.05) is 24.3 Å². The highest BCUT2D eigenvalue weighted by Gasteiger charge is 2.30. The Hall–Kier alpha value is -5.40. The van der Waals surface area contributed by atoms with Gasteiger partial charge in [0, 0.05) is 10.8 Å². The van der Waals surface area contributed by atoms with Crippen LogP contribution in [0.3, 0.4) is 0 Å². The van der Waals surface area contributed by atoms with E-state index in [0.717, 1.165) is 16.6 Å². The zero-order chi connectivity index (χ0) is 41.7. The van der Waals surface area contributed by atoms with Crippen molar-refractivity contribution < 1.29 is 4.42 Å². The summed E-state index contributed by atoms with van der Waals surface area (Å²) < 4.78 is 6.41. The molecule has 9 aromatic rings. The van der Waals surface area contributed by atoms with Crippen LogP contribution in [-0.4, -0.2) is 0 Å². The Morgan fingerprint density at radius 3 is 1.07 bits per heavy atom. The van der Waals surface area contributed by atoms with Gasteiger partial charge in [0.2, 0.25) is 0 Å². The molecule has 58 heavy (non-hydrogen) atoms. The van der Waals surface area contributed by atoms with Crippen molar-refractivity contribution in [3.8, 4) is 22.3 Å². The summed E-state index contributed by atoms with van der Waals surface area (Å²) in [6, 6.07) is 15.4. The van der Waals surface area contributed by atoms with E-state index in [4.69, 9.17) is 4.42 Å². The minimum atomic E-state index is 0.931. The molecule has 0 aliphatic heterocycles. The molecule has 0 fully saturated rings. The van der Waals surface area contributed by atoms with Crippen LogP contribution in [0.4, 0.5) is 0 Å². The zero-order valence-corrected chi connectivity index (χ0v) is 37.9. The average Bonchev–Trinajstić information content (AvgIpc) is 3.59. The summed E-state index contributed by atoms with van der Waals surface area (Å²) in [5.41, 5.74) is 30.9. The van der Waals surface area contributed by atoms with E-state index < -0.39 is 0 Å². The van der Waals surface area contributed by atoms with Crippen molar-refractivity contribution in [2.24, 2.45) is 0 Å². The van der Waals surface area contributed by atoms with Crippen LogP contribution in [-0.2, 0) is 0 Å². The third kappa shape index (κ3) is 4.71. The van der Waals surface area contributed by atoms with Crippen LogP contribution in [0.1, 0.15) is 94.6 Å². The van der Waals surface area contributed by atoms with Crippen molar-refractivity contribution in [1.29, 1.82) is 0 Å². The molecule has 1 heterocycles. The minimum absolute atomic E-state index is 0.931. The molecule has 0 bridgehead atoms. The molecule has 0 saturated heterocycles. The van der Waals surface area contributed by atoms with Crippen molar-refractivity contribution in [1.82, 2.24) is 0 Å². The largest absolute Gasteiger partial charge is 0.456 e. The number of para-hydroxylation sites is 1. The molecule has 0 saturated carbocycles. The fourth-order valence-electron chi connectivity index (χ4n) is 11.2. The zero-order valence-electron chi connectivity index (χ0n) is 37.9. The number of hydrogen-bond donors (Lipinski definition) is 0. The maximum Gasteiger partial charge on any atom is 0.135 e. The highest BCUT2D eigenvalue weighted by atomic mass is 16.3. The van der Waals surface area contributed by atoms with E-state index in [-0.39, 0.29) is 0 Å². The van der Waals surface area contributed by atoms with Gasteiger partial charge in [-0.25, -0.2) is 0 Å². The third-order valence-corrected chi connectivity index (χ3v) is 15.9. The van der Waals surface area contributed by atoms with Crippen molar-refractivity contribution in [2.75, 3.05) is 0 Å². The van der Waals surface area contributed by atoms with Gasteiger partial charge in [0.1, 0.15) is 11.2 Å². The van der Waals surface area contributed by atoms with Crippen LogP contribution >= 0.6 is 0 Å². The Morgan fingerprint density at radius 1 is 0.259 bits per heavy atom. The molecule has 0 unspecified atom stereocenters. The summed E-state index contributed by atoms with van der Waals surface area (Å²) in [4.78, 5) is 0. The first-order valence-corrected chi connectivity index (χ1v) is 21.2. The lowest BCUT2D eigenvalue weighted by atomic mass is 9.73. The molecule has 8 aromatic carbocycles. The molecule has 0 spiro atoms. The number of furan rings is 1. The maximum absolute atomic E-state index is 6.41. The number of aryl methyl sites for hydroxylation is 9. The topological polar surface area (TPSA) is 13.1 Å². The molecule has 0 N–H and O–H groups in total. The number of fused-ring (bicyclic) bond motifs is 8. The third-order valence-electron chi connectivity index (χ3n) is 15.9. The predicted molar refractivity (Wildman–Crippen MR) is 255 cm³/mol. The van der Waals surface area contributed by atoms with E-state index in [2.05, 4.69) is 160 Å². The summed E-state index contributed by atoms with van der Waals surface area (Å²) in [5.74, 6) is 0. The number of hydrogen-bond acceptors (Lipinski definition) is 1. The standard InChI is InChI=1S/C57H58O/c1-25-26(2)34(10)48-47(33(25)9)41(17)55(50-36(12)28(4)27(3)35(11)49(48)50)57-53-39(15)31(7)29(5)37(13)51(53)56(52-38(14)30(6)32(8)40(16)54(52)57)42-22-23-46-44(24-42)43-20-18-19-21-45(43)58-46/h18-24H,1-17H3. The van der Waals surface area contributed by atoms with E-state index in [9.17, 15) is 0 Å². The van der Waals surface area contributed by atoms with Crippen molar-refractivity contribution in [3.63, 3.8) is 0 Å². The first-order valence-electron chi connectivity index (χ1n) is 21.2. The van der Waals surface area contributed by atoms with Crippen molar-refractivity contribution in [2.45, 2.75) is 118 Å². The molecule has 9 rings (SSSR count). The Bertz CT molecular complexity index is 3290. The molecule has 0 atom stereocenters. The molecule has 1 heteroatoms. The lowest BCUT2D eigenvalue weighted by molar-refractivity contribution is 0.669. The Labute approximate surface area is 345 Å². The van der Waals surface area contributed by atoms with Crippen LogP contribution in [0.25, 0.3) is 87.3 Å². The fourth-order valence-corrected chi connectivity index (χ4v) is 11.2. The normalized spacial score (nSPS) is 12.2. The van der Waals surface area contributed by atoms with Gasteiger partial charge < -0.3 is 4.42 Å². The first-order chi connectivity index (χ1) is 27.4. The van der Waals surface area contributed by atoms with Crippen LogP contribution in [0.2, 0.25) is 0 Å². The molecule has 1 aromatic heterocycles. The van der Waals surface area contributed by atoms with Crippen LogP contribution < -0.4 is 0 Å². The van der Waals surface area contributed by atoms with Gasteiger partial charge in [0.25, 0.3) is 0 Å². The summed E-state index contributed by atoms with van der Waals surface area (Å²) >= 11 is 0. The monoisotopic (exact) mass is 758 g/mol. The SMILES string of the molecule is Cc1c(C)c(C)c2c(-c3c(C)c4c(C)c(C)c(C)c(C)c4c4c(C)c(C)c(C)c(C)c34)c3c(C)c(C)c(C)c(C)c3c(-c3ccc4oc5ccccc5c4c3)c2c1C. The van der Waals surface area contributed by atoms with Gasteiger partial charge in [-0.2, -0.15) is 0 Å². The molecular weight excluding hydrogens is 701 g/mol. The Morgan fingerprint density at radius 2 is 0.603 bits per heavy atom. The van der Waals surface area contributed by atoms with E-state index in [1.807, 2.05) is 0 Å². The van der Waals surface area contributed by atoms with Gasteiger partial charge in [0.15, 0.2) is 0 Å². The minimum Gasteiger partial charge on any atom is -0.456 e. The second-order valence-electron chi connectivity index (χ2n) is 18.1. The predicted octanol–water partition coefficient (Wildman–Crippen LogP) is 16.8. The lowest BCUT2D eigenvalue weighted by Gasteiger charge is -2.30. The molecular formula is C57H58O. The molecule has 0 radical (unpaired) electrons. The molecule has 0 aliphatic carbocycles. The fraction of sp³-hybridized carbons (Fsp3) is 0.298. The van der Waals surface area contributed by atoms with Crippen LogP contribution in [0.15, 0.2) is 46.9 Å². The van der Waals surface area contributed by atoms with Gasteiger partial charge in [-0.15, -0.1) is 0 Å². The average molecular weight is 759 g/mol. The van der Waals surface area contributed by atoms with E-state index in [0.29, 0.717) is 0 Å². The van der Waals surface area contributed by atoms with Crippen molar-refractivity contribution in [3.05, 3.63) is 137 Å². The van der Waals surface area contributed by atoms with Crippen molar-refractivity contribution >= 4 is 65.0 Å². The van der Waals surface area contributed by atoms with Crippen LogP contribution in [0, 0.1) is 118 Å². The highest BCUT2D eigenvalue weighted by Crippen LogP contribution is 2.55. The summed E-state index contributed by atoms with van der Waals surface area (Å²) in [6.07, 6.45) is 0. The van der Waals surface area contributed by atoms with Crippen LogP contribution in [0.5, 0.6) is 0 Å².